The number of anilines is 1. The van der Waals surface area contributed by atoms with Crippen molar-refractivity contribution >= 4 is 22.4 Å². The first-order chi connectivity index (χ1) is 11.6. The highest BCUT2D eigenvalue weighted by Crippen LogP contribution is 2.30. The first-order valence-corrected chi connectivity index (χ1v) is 8.76. The van der Waals surface area contributed by atoms with E-state index in [0.29, 0.717) is 18.3 Å². The van der Waals surface area contributed by atoms with Crippen LogP contribution in [0.5, 0.6) is 0 Å². The van der Waals surface area contributed by atoms with E-state index in [1.165, 1.54) is 23.5 Å². The van der Waals surface area contributed by atoms with Gasteiger partial charge in [0.05, 0.1) is 12.6 Å². The molecule has 7 heteroatoms. The van der Waals surface area contributed by atoms with Crippen molar-refractivity contribution in [2.24, 2.45) is 0 Å². The zero-order valence-electron chi connectivity index (χ0n) is 13.4. The molecule has 128 valence electrons. The number of carbonyl (C=O) groups is 1. The van der Waals surface area contributed by atoms with Crippen LogP contribution in [0.2, 0.25) is 0 Å². The summed E-state index contributed by atoms with van der Waals surface area (Å²) >= 11 is 1.40. The zero-order valence-corrected chi connectivity index (χ0v) is 14.3. The summed E-state index contributed by atoms with van der Waals surface area (Å²) in [6, 6.07) is 6.67. The van der Waals surface area contributed by atoms with E-state index < -0.39 is 0 Å². The van der Waals surface area contributed by atoms with Crippen LogP contribution in [0.25, 0.3) is 0 Å². The first-order valence-electron chi connectivity index (χ1n) is 7.88. The van der Waals surface area contributed by atoms with Crippen molar-refractivity contribution < 1.29 is 13.9 Å². The Bertz CT molecular complexity index is 663. The molecule has 0 unspecified atom stereocenters. The molecule has 1 aliphatic rings. The topological polar surface area (TPSA) is 54.5 Å². The van der Waals surface area contributed by atoms with Gasteiger partial charge in [0.1, 0.15) is 5.82 Å². The fourth-order valence-electron chi connectivity index (χ4n) is 2.89. The molecule has 0 bridgehead atoms. The van der Waals surface area contributed by atoms with Crippen LogP contribution in [-0.2, 0) is 9.53 Å². The third-order valence-electron chi connectivity index (χ3n) is 4.19. The molecule has 5 nitrogen and oxygen atoms in total. The van der Waals surface area contributed by atoms with E-state index in [-0.39, 0.29) is 23.9 Å². The zero-order chi connectivity index (χ0) is 16.9. The van der Waals surface area contributed by atoms with Gasteiger partial charge in [-0.05, 0) is 37.6 Å². The van der Waals surface area contributed by atoms with Crippen LogP contribution in [0, 0.1) is 5.82 Å². The Morgan fingerprint density at radius 2 is 2.25 bits per heavy atom. The second-order valence-electron chi connectivity index (χ2n) is 5.89. The number of amides is 1. The van der Waals surface area contributed by atoms with Gasteiger partial charge in [0.15, 0.2) is 5.13 Å². The smallest absolute Gasteiger partial charge is 0.240 e. The van der Waals surface area contributed by atoms with Gasteiger partial charge >= 0.3 is 0 Å². The van der Waals surface area contributed by atoms with Gasteiger partial charge in [-0.25, -0.2) is 9.37 Å². The quantitative estimate of drug-likeness (QED) is 0.901. The summed E-state index contributed by atoms with van der Waals surface area (Å²) in [4.78, 5) is 18.2. The Hall–Kier alpha value is -1.83. The minimum Gasteiger partial charge on any atom is -0.373 e. The highest BCUT2D eigenvalue weighted by atomic mass is 32.1. The minimum atomic E-state index is -0.248. The number of aromatic nitrogens is 1. The van der Waals surface area contributed by atoms with E-state index in [9.17, 15) is 9.18 Å². The molecule has 2 aromatic rings. The van der Waals surface area contributed by atoms with Gasteiger partial charge < -0.3 is 10.1 Å². The van der Waals surface area contributed by atoms with Crippen LogP contribution in [0.4, 0.5) is 9.52 Å². The molecule has 1 saturated heterocycles. The van der Waals surface area contributed by atoms with Crippen molar-refractivity contribution in [2.75, 3.05) is 25.5 Å². The van der Waals surface area contributed by atoms with Crippen molar-refractivity contribution in [1.29, 1.82) is 0 Å². The van der Waals surface area contributed by atoms with E-state index in [1.807, 2.05) is 17.3 Å². The monoisotopic (exact) mass is 349 g/mol. The second kappa shape index (κ2) is 7.83. The maximum atomic E-state index is 13.1. The van der Waals surface area contributed by atoms with Crippen molar-refractivity contribution in [1.82, 2.24) is 9.88 Å². The van der Waals surface area contributed by atoms with Gasteiger partial charge in [-0.3, -0.25) is 9.69 Å². The molecule has 2 heterocycles. The number of carbonyl (C=O) groups excluding carboxylic acids is 1. The number of rotatable bonds is 5. The third-order valence-corrected chi connectivity index (χ3v) is 4.88. The van der Waals surface area contributed by atoms with Crippen LogP contribution in [-0.4, -0.2) is 42.0 Å². The van der Waals surface area contributed by atoms with E-state index in [4.69, 9.17) is 4.74 Å². The largest absolute Gasteiger partial charge is 0.373 e. The van der Waals surface area contributed by atoms with Crippen LogP contribution < -0.4 is 5.32 Å². The Morgan fingerprint density at radius 3 is 2.96 bits per heavy atom. The number of ether oxygens (including phenoxy) is 1. The van der Waals surface area contributed by atoms with Crippen molar-refractivity contribution in [3.05, 3.63) is 47.2 Å². The molecular formula is C17H20FN3O2S. The number of benzene rings is 1. The molecule has 1 amide bonds. The maximum absolute atomic E-state index is 13.1. The number of thiazole rings is 1. The van der Waals surface area contributed by atoms with Crippen molar-refractivity contribution in [2.45, 2.75) is 25.0 Å². The van der Waals surface area contributed by atoms with Crippen LogP contribution in [0.15, 0.2) is 35.8 Å². The molecular weight excluding hydrogens is 329 g/mol. The summed E-state index contributed by atoms with van der Waals surface area (Å²) in [5.74, 6) is -0.320. The Morgan fingerprint density at radius 1 is 1.46 bits per heavy atom. The molecule has 1 fully saturated rings. The maximum Gasteiger partial charge on any atom is 0.240 e. The van der Waals surface area contributed by atoms with E-state index in [1.54, 1.807) is 18.3 Å². The lowest BCUT2D eigenvalue weighted by atomic mass is 9.96. The fourth-order valence-corrected chi connectivity index (χ4v) is 3.43. The predicted molar refractivity (Wildman–Crippen MR) is 91.5 cm³/mol. The number of nitrogens with one attached hydrogen (secondary N) is 1. The highest BCUT2D eigenvalue weighted by molar-refractivity contribution is 7.13. The fraction of sp³-hybridized carbons (Fsp3) is 0.412. The van der Waals surface area contributed by atoms with Crippen molar-refractivity contribution in [3.8, 4) is 0 Å². The molecule has 1 aliphatic heterocycles. The lowest BCUT2D eigenvalue weighted by Gasteiger charge is -2.35. The van der Waals surface area contributed by atoms with Gasteiger partial charge in [0.25, 0.3) is 0 Å². The SMILES string of the molecule is CN(CC(=O)Nc1nccs1)[C@@H]1CCO[C@H](c2ccc(F)cc2)C1. The molecule has 1 aromatic carbocycles. The molecule has 0 aliphatic carbocycles. The van der Waals surface area contributed by atoms with Gasteiger partial charge in [-0.1, -0.05) is 12.1 Å². The van der Waals surface area contributed by atoms with Gasteiger partial charge in [0, 0.05) is 24.2 Å². The third kappa shape index (κ3) is 4.37. The number of hydrogen-bond donors (Lipinski definition) is 1. The number of halogens is 1. The lowest BCUT2D eigenvalue weighted by molar-refractivity contribution is -0.118. The molecule has 1 aromatic heterocycles. The Kier molecular flexibility index (Phi) is 5.55. The van der Waals surface area contributed by atoms with E-state index in [2.05, 4.69) is 10.3 Å². The number of hydrogen-bond acceptors (Lipinski definition) is 5. The Labute approximate surface area is 144 Å². The summed E-state index contributed by atoms with van der Waals surface area (Å²) < 4.78 is 18.9. The summed E-state index contributed by atoms with van der Waals surface area (Å²) in [5.41, 5.74) is 0.974. The summed E-state index contributed by atoms with van der Waals surface area (Å²) in [5, 5.41) is 5.23. The molecule has 1 N–H and O–H groups in total. The average Bonchev–Trinajstić information content (AvgIpc) is 3.08. The van der Waals surface area contributed by atoms with Crippen LogP contribution >= 0.6 is 11.3 Å². The molecule has 0 saturated carbocycles. The van der Waals surface area contributed by atoms with Crippen molar-refractivity contribution in [3.63, 3.8) is 0 Å². The second-order valence-corrected chi connectivity index (χ2v) is 6.78. The lowest BCUT2D eigenvalue weighted by Crippen LogP contribution is -2.41. The van der Waals surface area contributed by atoms with Crippen LogP contribution in [0.1, 0.15) is 24.5 Å². The minimum absolute atomic E-state index is 0.0613. The Balaban J connectivity index is 1.55. The first kappa shape index (κ1) is 17.0. The summed E-state index contributed by atoms with van der Waals surface area (Å²) in [6.07, 6.45) is 3.26. The van der Waals surface area contributed by atoms with Gasteiger partial charge in [0.2, 0.25) is 5.91 Å². The average molecular weight is 349 g/mol. The molecule has 24 heavy (non-hydrogen) atoms. The molecule has 3 rings (SSSR count). The van der Waals surface area contributed by atoms with Crippen LogP contribution in [0.3, 0.4) is 0 Å². The number of nitrogens with zero attached hydrogens (tertiary/aromatic N) is 2. The van der Waals surface area contributed by atoms with Gasteiger partial charge in [-0.15, -0.1) is 11.3 Å². The predicted octanol–water partition coefficient (Wildman–Crippen LogP) is 3.07. The van der Waals surface area contributed by atoms with E-state index in [0.717, 1.165) is 18.4 Å². The molecule has 2 atom stereocenters. The standard InChI is InChI=1S/C17H20FN3O2S/c1-21(11-16(22)20-17-19-7-9-24-17)14-6-8-23-15(10-14)12-2-4-13(18)5-3-12/h2-5,7,9,14-15H,6,8,10-11H2,1H3,(H,19,20,22)/t14-,15+/m1/s1. The van der Waals surface area contributed by atoms with Gasteiger partial charge in [-0.2, -0.15) is 0 Å². The highest BCUT2D eigenvalue weighted by Gasteiger charge is 2.27. The summed E-state index contributed by atoms with van der Waals surface area (Å²) in [7, 11) is 1.94. The number of likely N-dealkylation sites (N-methyl/N-ethyl adjacent to an activating group) is 1. The van der Waals surface area contributed by atoms with E-state index >= 15 is 0 Å². The summed E-state index contributed by atoms with van der Waals surface area (Å²) in [6.45, 7) is 0.936. The molecule has 0 radical (unpaired) electrons. The molecule has 0 spiro atoms. The normalized spacial score (nSPS) is 21.0.